The number of fused-ring (bicyclic) bond motifs is 2. The van der Waals surface area contributed by atoms with E-state index in [0.29, 0.717) is 35.0 Å². The fourth-order valence-electron chi connectivity index (χ4n) is 4.56. The fourth-order valence-corrected chi connectivity index (χ4v) is 5.56. The third-order valence-electron chi connectivity index (χ3n) is 6.64. The van der Waals surface area contributed by atoms with Crippen LogP contribution >= 0.6 is 0 Å². The molecular formula is C29H28N4O4S. The predicted molar refractivity (Wildman–Crippen MR) is 149 cm³/mol. The van der Waals surface area contributed by atoms with Gasteiger partial charge in [-0.3, -0.25) is 9.59 Å². The third-order valence-corrected chi connectivity index (χ3v) is 8.37. The molecule has 1 aliphatic rings. The second-order valence-electron chi connectivity index (χ2n) is 9.40. The molecule has 0 bridgehead atoms. The number of carbonyl (C=O) groups excluding carboxylic acids is 2. The molecule has 1 aromatic heterocycles. The van der Waals surface area contributed by atoms with Gasteiger partial charge in [0, 0.05) is 49.0 Å². The molecule has 0 radical (unpaired) electrons. The molecule has 0 unspecified atom stereocenters. The van der Waals surface area contributed by atoms with Gasteiger partial charge >= 0.3 is 10.2 Å². The second-order valence-corrected chi connectivity index (χ2v) is 11.4. The summed E-state index contributed by atoms with van der Waals surface area (Å²) in [5, 5.41) is 3.44. The number of nitrogens with zero attached hydrogens (tertiary/aromatic N) is 3. The van der Waals surface area contributed by atoms with E-state index in [1.165, 1.54) is 24.3 Å². The first-order valence-corrected chi connectivity index (χ1v) is 13.6. The monoisotopic (exact) mass is 528 g/mol. The number of anilines is 1. The molecule has 38 heavy (non-hydrogen) atoms. The van der Waals surface area contributed by atoms with Crippen LogP contribution < -0.4 is 10.2 Å². The fraction of sp³-hybridized carbons (Fsp3) is 0.172. The number of hydrogen-bond donors (Lipinski definition) is 1. The van der Waals surface area contributed by atoms with Crippen molar-refractivity contribution < 1.29 is 18.0 Å². The smallest absolute Gasteiger partial charge is 0.307 e. The quantitative estimate of drug-likeness (QED) is 0.384. The summed E-state index contributed by atoms with van der Waals surface area (Å²) in [6.07, 6.45) is 3.74. The molecule has 1 aliphatic heterocycles. The van der Waals surface area contributed by atoms with Crippen LogP contribution in [-0.4, -0.2) is 49.1 Å². The number of amides is 2. The maximum Gasteiger partial charge on any atom is 0.307 e. The number of carbonyl (C=O) groups is 2. The number of aryl methyl sites for hydroxylation is 1. The average Bonchev–Trinajstić information content (AvgIpc) is 3.50. The lowest BCUT2D eigenvalue weighted by molar-refractivity contribution is -0.115. The predicted octanol–water partition coefficient (Wildman–Crippen LogP) is 3.96. The Hall–Kier alpha value is -4.21. The molecule has 0 fully saturated rings. The highest BCUT2D eigenvalue weighted by Gasteiger charge is 2.28. The van der Waals surface area contributed by atoms with Gasteiger partial charge in [-0.2, -0.15) is 12.7 Å². The molecule has 2 heterocycles. The zero-order chi connectivity index (χ0) is 27.0. The van der Waals surface area contributed by atoms with Crippen LogP contribution in [0.3, 0.4) is 0 Å². The van der Waals surface area contributed by atoms with Crippen LogP contribution in [0.1, 0.15) is 27.0 Å². The van der Waals surface area contributed by atoms with Crippen LogP contribution in [0.2, 0.25) is 0 Å². The first-order valence-electron chi connectivity index (χ1n) is 12.2. The number of para-hydroxylation sites is 2. The molecule has 1 N–H and O–H groups in total. The normalized spacial score (nSPS) is 13.7. The van der Waals surface area contributed by atoms with Crippen molar-refractivity contribution in [2.24, 2.45) is 0 Å². The van der Waals surface area contributed by atoms with Crippen molar-refractivity contribution in [2.45, 2.75) is 13.3 Å². The summed E-state index contributed by atoms with van der Waals surface area (Å²) < 4.78 is 28.4. The van der Waals surface area contributed by atoms with Crippen LogP contribution in [0, 0.1) is 6.92 Å². The van der Waals surface area contributed by atoms with Gasteiger partial charge < -0.3 is 10.2 Å². The van der Waals surface area contributed by atoms with Gasteiger partial charge in [-0.05, 0) is 49.2 Å². The minimum Gasteiger partial charge on any atom is -0.317 e. The van der Waals surface area contributed by atoms with Crippen LogP contribution in [0.4, 0.5) is 5.69 Å². The Labute approximate surface area is 222 Å². The summed E-state index contributed by atoms with van der Waals surface area (Å²) in [5.74, 6) is -0.801. The molecule has 8 nitrogen and oxygen atoms in total. The van der Waals surface area contributed by atoms with Gasteiger partial charge in [0.25, 0.3) is 11.8 Å². The molecule has 4 aromatic rings. The number of benzene rings is 3. The van der Waals surface area contributed by atoms with E-state index in [0.717, 1.165) is 21.1 Å². The first-order chi connectivity index (χ1) is 18.2. The van der Waals surface area contributed by atoms with Crippen molar-refractivity contribution in [3.8, 4) is 0 Å². The molecule has 0 aliphatic carbocycles. The van der Waals surface area contributed by atoms with E-state index in [9.17, 15) is 18.0 Å². The van der Waals surface area contributed by atoms with E-state index in [4.69, 9.17) is 0 Å². The van der Waals surface area contributed by atoms with E-state index >= 15 is 0 Å². The zero-order valence-corrected chi connectivity index (χ0v) is 22.2. The van der Waals surface area contributed by atoms with Crippen LogP contribution in [0.15, 0.2) is 84.7 Å². The summed E-state index contributed by atoms with van der Waals surface area (Å²) >= 11 is 0. The molecule has 3 aromatic carbocycles. The van der Waals surface area contributed by atoms with Crippen molar-refractivity contribution in [3.63, 3.8) is 0 Å². The van der Waals surface area contributed by atoms with E-state index in [-0.39, 0.29) is 11.6 Å². The first kappa shape index (κ1) is 25.4. The van der Waals surface area contributed by atoms with E-state index < -0.39 is 16.1 Å². The van der Waals surface area contributed by atoms with Crippen LogP contribution in [0.5, 0.6) is 0 Å². The van der Waals surface area contributed by atoms with E-state index in [1.54, 1.807) is 47.4 Å². The number of aromatic nitrogens is 1. The molecule has 2 amide bonds. The molecule has 0 atom stereocenters. The van der Waals surface area contributed by atoms with Crippen molar-refractivity contribution in [1.29, 1.82) is 0 Å². The van der Waals surface area contributed by atoms with Gasteiger partial charge in [0.2, 0.25) is 0 Å². The SMILES string of the molecule is Cc1ccc(C(=O)N/C(=C\c2cn(S(=O)(=O)N(C)C)c3ccccc23)C(=O)N2CCc3ccccc32)cc1. The molecule has 0 saturated carbocycles. The Balaban J connectivity index is 1.63. The van der Waals surface area contributed by atoms with Crippen molar-refractivity contribution in [3.05, 3.63) is 107 Å². The van der Waals surface area contributed by atoms with Gasteiger partial charge in [-0.15, -0.1) is 0 Å². The van der Waals surface area contributed by atoms with Gasteiger partial charge in [-0.1, -0.05) is 54.1 Å². The van der Waals surface area contributed by atoms with Crippen molar-refractivity contribution in [2.75, 3.05) is 25.5 Å². The Bertz CT molecular complexity index is 1690. The minimum absolute atomic E-state index is 0.0532. The van der Waals surface area contributed by atoms with Gasteiger partial charge in [0.1, 0.15) is 5.70 Å². The molecular weight excluding hydrogens is 500 g/mol. The van der Waals surface area contributed by atoms with E-state index in [1.807, 2.05) is 43.3 Å². The van der Waals surface area contributed by atoms with Gasteiger partial charge in [0.05, 0.1) is 5.52 Å². The largest absolute Gasteiger partial charge is 0.317 e. The summed E-state index contributed by atoms with van der Waals surface area (Å²) in [4.78, 5) is 28.7. The maximum absolute atomic E-state index is 13.9. The summed E-state index contributed by atoms with van der Waals surface area (Å²) in [5.41, 5.74) is 4.29. The highest BCUT2D eigenvalue weighted by atomic mass is 32.2. The Morgan fingerprint density at radius 2 is 1.63 bits per heavy atom. The van der Waals surface area contributed by atoms with E-state index in [2.05, 4.69) is 5.32 Å². The summed E-state index contributed by atoms with van der Waals surface area (Å²) in [6.45, 7) is 2.41. The molecule has 0 saturated heterocycles. The number of hydrogen-bond acceptors (Lipinski definition) is 4. The highest BCUT2D eigenvalue weighted by Crippen LogP contribution is 2.30. The van der Waals surface area contributed by atoms with Crippen LogP contribution in [0.25, 0.3) is 17.0 Å². The van der Waals surface area contributed by atoms with Crippen molar-refractivity contribution in [1.82, 2.24) is 13.6 Å². The Morgan fingerprint density at radius 1 is 0.947 bits per heavy atom. The van der Waals surface area contributed by atoms with Crippen molar-refractivity contribution >= 4 is 44.7 Å². The standard InChI is InChI=1S/C29H28N4O4S/c1-20-12-14-22(15-13-20)28(34)30-25(29(35)32-17-16-21-8-4-6-10-26(21)32)18-23-19-33(38(36,37)31(2)3)27-11-7-5-9-24(23)27/h4-15,18-19H,16-17H2,1-3H3,(H,30,34)/b25-18-. The summed E-state index contributed by atoms with van der Waals surface area (Å²) in [7, 11) is -0.907. The third kappa shape index (κ3) is 4.62. The summed E-state index contributed by atoms with van der Waals surface area (Å²) in [6, 6.07) is 21.8. The highest BCUT2D eigenvalue weighted by molar-refractivity contribution is 7.87. The molecule has 5 rings (SSSR count). The topological polar surface area (TPSA) is 91.7 Å². The maximum atomic E-state index is 13.9. The van der Waals surface area contributed by atoms with Crippen LogP contribution in [-0.2, 0) is 21.4 Å². The average molecular weight is 529 g/mol. The zero-order valence-electron chi connectivity index (χ0n) is 21.4. The number of rotatable bonds is 6. The Kier molecular flexibility index (Phi) is 6.64. The van der Waals surface area contributed by atoms with Gasteiger partial charge in [0.15, 0.2) is 0 Å². The lowest BCUT2D eigenvalue weighted by atomic mass is 10.1. The molecule has 9 heteroatoms. The number of nitrogens with one attached hydrogen (secondary N) is 1. The minimum atomic E-state index is -3.83. The molecule has 194 valence electrons. The second kappa shape index (κ2) is 9.92. The lowest BCUT2D eigenvalue weighted by Crippen LogP contribution is -2.37. The van der Waals surface area contributed by atoms with Gasteiger partial charge in [-0.25, -0.2) is 3.97 Å². The molecule has 0 spiro atoms. The Morgan fingerprint density at radius 3 is 2.37 bits per heavy atom. The lowest BCUT2D eigenvalue weighted by Gasteiger charge is -2.20.